The highest BCUT2D eigenvalue weighted by Crippen LogP contribution is 2.30. The maximum absolute atomic E-state index is 13.3. The van der Waals surface area contributed by atoms with E-state index in [1.54, 1.807) is 6.20 Å². The highest BCUT2D eigenvalue weighted by Gasteiger charge is 2.37. The van der Waals surface area contributed by atoms with Crippen LogP contribution in [-0.2, 0) is 5.54 Å². The molecule has 0 spiro atoms. The van der Waals surface area contributed by atoms with Gasteiger partial charge in [-0.05, 0) is 67.8 Å². The Morgan fingerprint density at radius 3 is 2.74 bits per heavy atom. The van der Waals surface area contributed by atoms with E-state index in [-0.39, 0.29) is 5.91 Å². The number of hydrogen-bond acceptors (Lipinski definition) is 4. The van der Waals surface area contributed by atoms with Crippen LogP contribution in [0.25, 0.3) is 22.0 Å². The van der Waals surface area contributed by atoms with E-state index >= 15 is 0 Å². The average Bonchev–Trinajstić information content (AvgIpc) is 3.41. The van der Waals surface area contributed by atoms with Gasteiger partial charge in [-0.2, -0.15) is 5.10 Å². The topological polar surface area (TPSA) is 82.7 Å². The normalized spacial score (nSPS) is 18.4. The zero-order valence-corrected chi connectivity index (χ0v) is 17.7. The third kappa shape index (κ3) is 3.59. The van der Waals surface area contributed by atoms with Gasteiger partial charge < -0.3 is 10.6 Å². The van der Waals surface area contributed by atoms with E-state index in [1.165, 1.54) is 5.56 Å². The largest absolute Gasteiger partial charge is 0.340 e. The molecule has 1 aliphatic heterocycles. The summed E-state index contributed by atoms with van der Waals surface area (Å²) in [5, 5.41) is 15.1. The van der Waals surface area contributed by atoms with Crippen LogP contribution in [-0.4, -0.2) is 34.2 Å². The Balaban J connectivity index is 1.46. The van der Waals surface area contributed by atoms with Crippen molar-refractivity contribution in [2.75, 3.05) is 13.1 Å². The van der Waals surface area contributed by atoms with Gasteiger partial charge in [-0.15, -0.1) is 0 Å². The summed E-state index contributed by atoms with van der Waals surface area (Å²) in [7, 11) is 0. The Bertz CT molecular complexity index is 1270. The Hall–Kier alpha value is -3.51. The van der Waals surface area contributed by atoms with Crippen LogP contribution in [0.4, 0.5) is 0 Å². The number of carbonyl (C=O) groups excluding carboxylic acids is 1. The van der Waals surface area contributed by atoms with Crippen LogP contribution in [0.15, 0.2) is 60.8 Å². The molecule has 0 bridgehead atoms. The number of rotatable bonds is 4. The molecule has 2 aromatic carbocycles. The molecule has 1 atom stereocenters. The van der Waals surface area contributed by atoms with Crippen molar-refractivity contribution in [2.24, 2.45) is 0 Å². The van der Waals surface area contributed by atoms with E-state index in [0.717, 1.165) is 46.3 Å². The maximum atomic E-state index is 13.3. The van der Waals surface area contributed by atoms with Crippen molar-refractivity contribution in [2.45, 2.75) is 25.8 Å². The van der Waals surface area contributed by atoms with Gasteiger partial charge in [0.15, 0.2) is 0 Å². The summed E-state index contributed by atoms with van der Waals surface area (Å²) in [5.41, 5.74) is 6.25. The molecular formula is C25H25N5O. The highest BCUT2D eigenvalue weighted by molar-refractivity contribution is 5.94. The zero-order chi connectivity index (χ0) is 21.4. The molecule has 0 aliphatic carbocycles. The van der Waals surface area contributed by atoms with Crippen LogP contribution in [0.3, 0.4) is 0 Å². The third-order valence-electron chi connectivity index (χ3n) is 6.15. The monoisotopic (exact) mass is 411 g/mol. The molecule has 6 nitrogen and oxygen atoms in total. The number of carbonyl (C=O) groups is 1. The van der Waals surface area contributed by atoms with E-state index in [4.69, 9.17) is 0 Å². The highest BCUT2D eigenvalue weighted by atomic mass is 16.2. The summed E-state index contributed by atoms with van der Waals surface area (Å²) in [5.74, 6) is -0.160. The van der Waals surface area contributed by atoms with Crippen LogP contribution in [0.5, 0.6) is 0 Å². The fourth-order valence-corrected chi connectivity index (χ4v) is 4.39. The lowest BCUT2D eigenvalue weighted by atomic mass is 9.87. The smallest absolute Gasteiger partial charge is 0.270 e. The Morgan fingerprint density at radius 1 is 1.06 bits per heavy atom. The molecule has 3 heterocycles. The first-order valence-corrected chi connectivity index (χ1v) is 10.6. The van der Waals surface area contributed by atoms with E-state index in [0.29, 0.717) is 12.2 Å². The lowest BCUT2D eigenvalue weighted by Crippen LogP contribution is -2.47. The van der Waals surface area contributed by atoms with Gasteiger partial charge in [0.25, 0.3) is 5.91 Å². The van der Waals surface area contributed by atoms with Crippen LogP contribution in [0.2, 0.25) is 0 Å². The zero-order valence-electron chi connectivity index (χ0n) is 17.7. The van der Waals surface area contributed by atoms with Crippen molar-refractivity contribution in [1.82, 2.24) is 25.8 Å². The molecule has 5 rings (SSSR count). The average molecular weight is 412 g/mol. The van der Waals surface area contributed by atoms with Crippen LogP contribution in [0.1, 0.15) is 33.7 Å². The number of H-pyrrole nitrogens is 1. The molecule has 0 saturated carbocycles. The second kappa shape index (κ2) is 7.63. The Kier molecular flexibility index (Phi) is 4.79. The van der Waals surface area contributed by atoms with Crippen molar-refractivity contribution in [3.8, 4) is 11.1 Å². The molecule has 1 fully saturated rings. The summed E-state index contributed by atoms with van der Waals surface area (Å²) >= 11 is 0. The van der Waals surface area contributed by atoms with Gasteiger partial charge in [-0.25, -0.2) is 0 Å². The summed E-state index contributed by atoms with van der Waals surface area (Å²) in [4.78, 5) is 17.6. The second-order valence-electron chi connectivity index (χ2n) is 8.34. The summed E-state index contributed by atoms with van der Waals surface area (Å²) in [6.45, 7) is 5.65. The standard InChI is InChI=1S/C25H25N5O/c1-16-4-3-5-20(12-16)25(9-11-26-15-25)28-24(31)23-14-19(8-10-27-23)18-6-7-22-21(13-18)17(2)29-30-22/h3-8,10,12-14,26H,9,11,15H2,1-2H3,(H,28,31)(H,29,30). The lowest BCUT2D eigenvalue weighted by molar-refractivity contribution is 0.0899. The number of benzene rings is 2. The molecule has 2 aromatic heterocycles. The quantitative estimate of drug-likeness (QED) is 0.476. The minimum absolute atomic E-state index is 0.160. The Morgan fingerprint density at radius 2 is 1.94 bits per heavy atom. The first kappa shape index (κ1) is 19.5. The van der Waals surface area contributed by atoms with Gasteiger partial charge in [0, 0.05) is 23.8 Å². The second-order valence-corrected chi connectivity index (χ2v) is 8.34. The molecular weight excluding hydrogens is 386 g/mol. The van der Waals surface area contributed by atoms with E-state index in [9.17, 15) is 4.79 Å². The van der Waals surface area contributed by atoms with Gasteiger partial charge in [0.05, 0.1) is 11.1 Å². The molecule has 31 heavy (non-hydrogen) atoms. The number of pyridine rings is 1. The summed E-state index contributed by atoms with van der Waals surface area (Å²) in [6, 6.07) is 18.3. The predicted octanol–water partition coefficient (Wildman–Crippen LogP) is 3.86. The van der Waals surface area contributed by atoms with Crippen molar-refractivity contribution in [3.63, 3.8) is 0 Å². The van der Waals surface area contributed by atoms with E-state index in [1.807, 2.05) is 37.3 Å². The van der Waals surface area contributed by atoms with Crippen LogP contribution < -0.4 is 10.6 Å². The molecule has 1 unspecified atom stereocenters. The van der Waals surface area contributed by atoms with Gasteiger partial charge in [0.1, 0.15) is 5.69 Å². The molecule has 4 aromatic rings. The minimum Gasteiger partial charge on any atom is -0.340 e. The number of amides is 1. The number of aromatic amines is 1. The van der Waals surface area contributed by atoms with Gasteiger partial charge in [0.2, 0.25) is 0 Å². The molecule has 6 heteroatoms. The number of aryl methyl sites for hydroxylation is 2. The number of hydrogen-bond donors (Lipinski definition) is 3. The number of nitrogens with one attached hydrogen (secondary N) is 3. The minimum atomic E-state index is -0.423. The summed E-state index contributed by atoms with van der Waals surface area (Å²) in [6.07, 6.45) is 2.54. The molecule has 1 aliphatic rings. The number of nitrogens with zero attached hydrogens (tertiary/aromatic N) is 2. The van der Waals surface area contributed by atoms with Gasteiger partial charge in [-0.3, -0.25) is 14.9 Å². The molecule has 0 radical (unpaired) electrons. The third-order valence-corrected chi connectivity index (χ3v) is 6.15. The van der Waals surface area contributed by atoms with E-state index < -0.39 is 5.54 Å². The number of fused-ring (bicyclic) bond motifs is 1. The first-order valence-electron chi connectivity index (χ1n) is 10.6. The fourth-order valence-electron chi connectivity index (χ4n) is 4.39. The fraction of sp³-hybridized carbons (Fsp3) is 0.240. The predicted molar refractivity (Wildman–Crippen MR) is 122 cm³/mol. The number of aromatic nitrogens is 3. The molecule has 1 amide bonds. The maximum Gasteiger partial charge on any atom is 0.270 e. The molecule has 3 N–H and O–H groups in total. The SMILES string of the molecule is Cc1cccc(C2(NC(=O)c3cc(-c4ccc5n[nH]c(C)c5c4)ccn3)CCNC2)c1. The van der Waals surface area contributed by atoms with Gasteiger partial charge in [-0.1, -0.05) is 35.9 Å². The van der Waals surface area contributed by atoms with Crippen LogP contribution in [0, 0.1) is 13.8 Å². The molecule has 156 valence electrons. The lowest BCUT2D eigenvalue weighted by Gasteiger charge is -2.30. The first-order chi connectivity index (χ1) is 15.0. The van der Waals surface area contributed by atoms with Crippen molar-refractivity contribution in [1.29, 1.82) is 0 Å². The summed E-state index contributed by atoms with van der Waals surface area (Å²) < 4.78 is 0. The van der Waals surface area contributed by atoms with Gasteiger partial charge >= 0.3 is 0 Å². The molecule has 1 saturated heterocycles. The van der Waals surface area contributed by atoms with Crippen LogP contribution >= 0.6 is 0 Å². The van der Waals surface area contributed by atoms with E-state index in [2.05, 4.69) is 57.0 Å². The van der Waals surface area contributed by atoms with Crippen molar-refractivity contribution in [3.05, 3.63) is 83.3 Å². The van der Waals surface area contributed by atoms with Crippen molar-refractivity contribution >= 4 is 16.8 Å². The Labute approximate surface area is 181 Å². The van der Waals surface area contributed by atoms with Crippen molar-refractivity contribution < 1.29 is 4.79 Å².